The Morgan fingerprint density at radius 1 is 1.23 bits per heavy atom. The van der Waals surface area contributed by atoms with Crippen molar-refractivity contribution >= 4 is 11.6 Å². The Kier molecular flexibility index (Phi) is 5.10. The van der Waals surface area contributed by atoms with Gasteiger partial charge >= 0.3 is 0 Å². The lowest BCUT2D eigenvalue weighted by molar-refractivity contribution is 0.0913. The van der Waals surface area contributed by atoms with Gasteiger partial charge in [0.05, 0.1) is 20.3 Å². The highest BCUT2D eigenvalue weighted by atomic mass is 16.5. The Labute approximate surface area is 153 Å². The van der Waals surface area contributed by atoms with Gasteiger partial charge in [-0.25, -0.2) is 19.9 Å². The molecule has 3 heterocycles. The summed E-state index contributed by atoms with van der Waals surface area (Å²) in [6.45, 7) is 1.89. The second-order valence-electron chi connectivity index (χ2n) is 6.63. The standard InChI is InChI=1S/C18H24N6O2/c1-25-17-10-16(20-12-21-17)24-8-9-26-11-14(24)18-19-7-6-15(23-18)22-13-4-2-3-5-13/h6-7,10,12-14H,2-5,8-9,11H2,1H3,(H,19,22,23)/t14-/m0/s1. The van der Waals surface area contributed by atoms with Gasteiger partial charge in [0.15, 0.2) is 5.82 Å². The number of aromatic nitrogens is 4. The minimum atomic E-state index is -0.0892. The summed E-state index contributed by atoms with van der Waals surface area (Å²) in [5.74, 6) is 2.96. The second-order valence-corrected chi connectivity index (χ2v) is 6.63. The van der Waals surface area contributed by atoms with Crippen LogP contribution in [0, 0.1) is 0 Å². The van der Waals surface area contributed by atoms with Crippen LogP contribution in [0.15, 0.2) is 24.7 Å². The Hall–Kier alpha value is -2.48. The number of morpholine rings is 1. The van der Waals surface area contributed by atoms with E-state index >= 15 is 0 Å². The van der Waals surface area contributed by atoms with Gasteiger partial charge in [0, 0.05) is 24.8 Å². The summed E-state index contributed by atoms with van der Waals surface area (Å²) in [4.78, 5) is 19.9. The first kappa shape index (κ1) is 17.0. The number of ether oxygens (including phenoxy) is 2. The summed E-state index contributed by atoms with van der Waals surface area (Å²) in [5, 5.41) is 3.54. The number of anilines is 2. The van der Waals surface area contributed by atoms with Crippen LogP contribution in [0.5, 0.6) is 5.88 Å². The molecule has 2 aromatic rings. The second kappa shape index (κ2) is 7.82. The molecule has 8 heteroatoms. The molecule has 0 aromatic carbocycles. The molecule has 1 aliphatic heterocycles. The van der Waals surface area contributed by atoms with Crippen LogP contribution in [-0.4, -0.2) is 52.8 Å². The molecule has 0 unspecified atom stereocenters. The molecular formula is C18H24N6O2. The van der Waals surface area contributed by atoms with E-state index in [1.54, 1.807) is 7.11 Å². The maximum absolute atomic E-state index is 5.70. The van der Waals surface area contributed by atoms with E-state index in [1.165, 1.54) is 32.0 Å². The van der Waals surface area contributed by atoms with Crippen molar-refractivity contribution in [2.45, 2.75) is 37.8 Å². The van der Waals surface area contributed by atoms with E-state index in [-0.39, 0.29) is 6.04 Å². The fourth-order valence-electron chi connectivity index (χ4n) is 3.58. The summed E-state index contributed by atoms with van der Waals surface area (Å²) >= 11 is 0. The fraction of sp³-hybridized carbons (Fsp3) is 0.556. The Morgan fingerprint density at radius 3 is 2.96 bits per heavy atom. The normalized spacial score (nSPS) is 21.0. The molecule has 0 spiro atoms. The van der Waals surface area contributed by atoms with E-state index in [1.807, 2.05) is 18.3 Å². The van der Waals surface area contributed by atoms with E-state index in [0.717, 1.165) is 17.5 Å². The van der Waals surface area contributed by atoms with Crippen LogP contribution in [0.1, 0.15) is 37.5 Å². The van der Waals surface area contributed by atoms with Crippen LogP contribution in [-0.2, 0) is 4.74 Å². The van der Waals surface area contributed by atoms with E-state index in [9.17, 15) is 0 Å². The predicted molar refractivity (Wildman–Crippen MR) is 97.4 cm³/mol. The van der Waals surface area contributed by atoms with Crippen molar-refractivity contribution in [1.82, 2.24) is 19.9 Å². The van der Waals surface area contributed by atoms with Gasteiger partial charge in [-0.2, -0.15) is 0 Å². The van der Waals surface area contributed by atoms with Gasteiger partial charge in [-0.05, 0) is 18.9 Å². The summed E-state index contributed by atoms with van der Waals surface area (Å²) in [7, 11) is 1.60. The molecule has 0 bridgehead atoms. The number of rotatable bonds is 5. The first-order valence-electron chi connectivity index (χ1n) is 9.13. The Morgan fingerprint density at radius 2 is 2.12 bits per heavy atom. The van der Waals surface area contributed by atoms with Gasteiger partial charge in [0.25, 0.3) is 0 Å². The maximum atomic E-state index is 5.70. The van der Waals surface area contributed by atoms with Gasteiger partial charge in [0.2, 0.25) is 5.88 Å². The van der Waals surface area contributed by atoms with Crippen molar-refractivity contribution in [1.29, 1.82) is 0 Å². The number of methoxy groups -OCH3 is 1. The zero-order chi connectivity index (χ0) is 17.8. The lowest BCUT2D eigenvalue weighted by Gasteiger charge is -2.35. The zero-order valence-electron chi connectivity index (χ0n) is 15.0. The van der Waals surface area contributed by atoms with Crippen molar-refractivity contribution in [3.8, 4) is 5.88 Å². The molecule has 1 saturated heterocycles. The molecule has 138 valence electrons. The first-order valence-corrected chi connectivity index (χ1v) is 9.13. The Balaban J connectivity index is 1.57. The van der Waals surface area contributed by atoms with E-state index < -0.39 is 0 Å². The average molecular weight is 356 g/mol. The molecule has 0 amide bonds. The van der Waals surface area contributed by atoms with Crippen LogP contribution in [0.2, 0.25) is 0 Å². The maximum Gasteiger partial charge on any atom is 0.218 e. The van der Waals surface area contributed by atoms with Gasteiger partial charge in [0.1, 0.15) is 24.0 Å². The van der Waals surface area contributed by atoms with Crippen LogP contribution < -0.4 is 15.0 Å². The van der Waals surface area contributed by atoms with E-state index in [0.29, 0.717) is 31.7 Å². The molecule has 4 rings (SSSR count). The molecular weight excluding hydrogens is 332 g/mol. The number of hydrogen-bond acceptors (Lipinski definition) is 8. The molecule has 1 aliphatic carbocycles. The molecule has 26 heavy (non-hydrogen) atoms. The zero-order valence-corrected chi connectivity index (χ0v) is 15.0. The highest BCUT2D eigenvalue weighted by molar-refractivity contribution is 5.44. The van der Waals surface area contributed by atoms with Crippen molar-refractivity contribution in [2.24, 2.45) is 0 Å². The van der Waals surface area contributed by atoms with Gasteiger partial charge < -0.3 is 19.7 Å². The Bertz CT molecular complexity index is 737. The molecule has 1 N–H and O–H groups in total. The topological polar surface area (TPSA) is 85.3 Å². The van der Waals surface area contributed by atoms with Crippen LogP contribution in [0.25, 0.3) is 0 Å². The fourth-order valence-corrected chi connectivity index (χ4v) is 3.58. The molecule has 1 atom stereocenters. The largest absolute Gasteiger partial charge is 0.481 e. The summed E-state index contributed by atoms with van der Waals surface area (Å²) in [6, 6.07) is 4.19. The minimum absolute atomic E-state index is 0.0892. The molecule has 1 saturated carbocycles. The highest BCUT2D eigenvalue weighted by Gasteiger charge is 2.29. The third-order valence-electron chi connectivity index (χ3n) is 4.94. The SMILES string of the molecule is COc1cc(N2CCOC[C@H]2c2nccc(NC3CCCC3)n2)ncn1. The first-order chi connectivity index (χ1) is 12.8. The predicted octanol–water partition coefficient (Wildman–Crippen LogP) is 2.21. The van der Waals surface area contributed by atoms with Crippen molar-refractivity contribution < 1.29 is 9.47 Å². The van der Waals surface area contributed by atoms with Gasteiger partial charge in [-0.15, -0.1) is 0 Å². The molecule has 2 fully saturated rings. The van der Waals surface area contributed by atoms with Crippen molar-refractivity contribution in [3.63, 3.8) is 0 Å². The average Bonchev–Trinajstić information content (AvgIpc) is 3.21. The monoisotopic (exact) mass is 356 g/mol. The summed E-state index contributed by atoms with van der Waals surface area (Å²) < 4.78 is 10.9. The third kappa shape index (κ3) is 3.70. The number of hydrogen-bond donors (Lipinski definition) is 1. The lowest BCUT2D eigenvalue weighted by atomic mass is 10.2. The molecule has 2 aromatic heterocycles. The van der Waals surface area contributed by atoms with Crippen LogP contribution in [0.3, 0.4) is 0 Å². The quantitative estimate of drug-likeness (QED) is 0.873. The molecule has 0 radical (unpaired) electrons. The summed E-state index contributed by atoms with van der Waals surface area (Å²) in [5.41, 5.74) is 0. The molecule has 8 nitrogen and oxygen atoms in total. The molecule has 2 aliphatic rings. The van der Waals surface area contributed by atoms with Crippen molar-refractivity contribution in [3.05, 3.63) is 30.5 Å². The van der Waals surface area contributed by atoms with Crippen LogP contribution in [0.4, 0.5) is 11.6 Å². The van der Waals surface area contributed by atoms with E-state index in [2.05, 4.69) is 25.2 Å². The van der Waals surface area contributed by atoms with Gasteiger partial charge in [-0.3, -0.25) is 0 Å². The minimum Gasteiger partial charge on any atom is -0.481 e. The lowest BCUT2D eigenvalue weighted by Crippen LogP contribution is -2.41. The smallest absolute Gasteiger partial charge is 0.218 e. The van der Waals surface area contributed by atoms with Crippen LogP contribution >= 0.6 is 0 Å². The number of nitrogens with one attached hydrogen (secondary N) is 1. The van der Waals surface area contributed by atoms with Gasteiger partial charge in [-0.1, -0.05) is 12.8 Å². The van der Waals surface area contributed by atoms with E-state index in [4.69, 9.17) is 14.5 Å². The van der Waals surface area contributed by atoms with Crippen molar-refractivity contribution in [2.75, 3.05) is 37.1 Å². The number of nitrogens with zero attached hydrogens (tertiary/aromatic N) is 5. The summed E-state index contributed by atoms with van der Waals surface area (Å²) in [6.07, 6.45) is 8.31. The highest BCUT2D eigenvalue weighted by Crippen LogP contribution is 2.29. The third-order valence-corrected chi connectivity index (χ3v) is 4.94.